The van der Waals surface area contributed by atoms with E-state index in [2.05, 4.69) is 118 Å². The third kappa shape index (κ3) is 4.36. The standard InChI is InChI=1S/C44H38O4/c1-27-24-36-37(26-39(27)47-6)42-35(41-40(36)34-21-12-29(25-38(34)43(41,2)3)28-10-8-7-9-11-28)22-23-44(48-42,30-13-17-32(45-4)18-14-30)31-15-19-33(46-5)20-16-31/h7-26H,1-6H3. The molecule has 0 saturated heterocycles. The van der Waals surface area contributed by atoms with Crippen LogP contribution in [-0.2, 0) is 11.0 Å². The lowest BCUT2D eigenvalue weighted by atomic mass is 9.76. The van der Waals surface area contributed by atoms with Crippen LogP contribution in [0.4, 0.5) is 0 Å². The lowest BCUT2D eigenvalue weighted by Gasteiger charge is -2.38. The topological polar surface area (TPSA) is 36.9 Å². The van der Waals surface area contributed by atoms with E-state index in [0.717, 1.165) is 56.0 Å². The minimum absolute atomic E-state index is 0.282. The van der Waals surface area contributed by atoms with Gasteiger partial charge in [-0.3, -0.25) is 0 Å². The Hall–Kier alpha value is -5.48. The number of rotatable bonds is 6. The Morgan fingerprint density at radius 1 is 0.625 bits per heavy atom. The van der Waals surface area contributed by atoms with Gasteiger partial charge in [0.2, 0.25) is 0 Å². The Bertz CT molecular complexity index is 2180. The van der Waals surface area contributed by atoms with Gasteiger partial charge in [0, 0.05) is 27.5 Å². The number of ether oxygens (including phenoxy) is 4. The summed E-state index contributed by atoms with van der Waals surface area (Å²) in [5.41, 5.74) is 10.6. The molecule has 6 aromatic rings. The van der Waals surface area contributed by atoms with E-state index in [1.54, 1.807) is 21.3 Å². The summed E-state index contributed by atoms with van der Waals surface area (Å²) in [6, 6.07) is 38.3. The maximum Gasteiger partial charge on any atom is 0.178 e. The van der Waals surface area contributed by atoms with Gasteiger partial charge in [0.1, 0.15) is 23.0 Å². The van der Waals surface area contributed by atoms with Gasteiger partial charge in [-0.15, -0.1) is 0 Å². The van der Waals surface area contributed by atoms with Gasteiger partial charge in [-0.05, 0) is 99.8 Å². The molecule has 1 aliphatic heterocycles. The Balaban J connectivity index is 1.41. The maximum atomic E-state index is 7.48. The lowest BCUT2D eigenvalue weighted by molar-refractivity contribution is 0.163. The summed E-state index contributed by atoms with van der Waals surface area (Å²) in [6.45, 7) is 6.80. The van der Waals surface area contributed by atoms with Crippen LogP contribution in [0.2, 0.25) is 0 Å². The molecule has 6 aromatic carbocycles. The average molecular weight is 631 g/mol. The number of aryl methyl sites for hydroxylation is 1. The van der Waals surface area contributed by atoms with Gasteiger partial charge in [0.25, 0.3) is 0 Å². The van der Waals surface area contributed by atoms with Crippen LogP contribution < -0.4 is 18.9 Å². The average Bonchev–Trinajstić information content (AvgIpc) is 3.37. The summed E-state index contributed by atoms with van der Waals surface area (Å²) < 4.78 is 24.4. The van der Waals surface area contributed by atoms with E-state index in [4.69, 9.17) is 18.9 Å². The van der Waals surface area contributed by atoms with Crippen molar-refractivity contribution >= 4 is 16.8 Å². The van der Waals surface area contributed by atoms with Crippen LogP contribution in [0.15, 0.2) is 115 Å². The molecule has 48 heavy (non-hydrogen) atoms. The Morgan fingerprint density at radius 3 is 1.88 bits per heavy atom. The van der Waals surface area contributed by atoms with Crippen molar-refractivity contribution in [3.8, 4) is 45.3 Å². The number of fused-ring (bicyclic) bond motifs is 8. The Labute approximate surface area is 282 Å². The summed E-state index contributed by atoms with van der Waals surface area (Å²) in [5.74, 6) is 3.27. The van der Waals surface area contributed by atoms with Crippen molar-refractivity contribution in [1.29, 1.82) is 0 Å². The minimum Gasteiger partial charge on any atom is -0.497 e. The summed E-state index contributed by atoms with van der Waals surface area (Å²) in [7, 11) is 5.11. The molecule has 0 N–H and O–H groups in total. The van der Waals surface area contributed by atoms with Crippen LogP contribution in [0.3, 0.4) is 0 Å². The van der Waals surface area contributed by atoms with Crippen LogP contribution in [0.1, 0.15) is 47.2 Å². The fraction of sp³-hybridized carbons (Fsp3) is 0.182. The van der Waals surface area contributed by atoms with Crippen LogP contribution in [0.5, 0.6) is 23.0 Å². The zero-order valence-electron chi connectivity index (χ0n) is 28.2. The first kappa shape index (κ1) is 29.9. The molecular weight excluding hydrogens is 592 g/mol. The number of methoxy groups -OCH3 is 3. The van der Waals surface area contributed by atoms with E-state index < -0.39 is 5.60 Å². The zero-order valence-corrected chi connectivity index (χ0v) is 28.2. The molecule has 4 heteroatoms. The molecule has 0 saturated carbocycles. The second kappa shape index (κ2) is 11.1. The molecule has 1 aliphatic carbocycles. The van der Waals surface area contributed by atoms with E-state index >= 15 is 0 Å². The highest BCUT2D eigenvalue weighted by Crippen LogP contribution is 2.59. The number of hydrogen-bond donors (Lipinski definition) is 0. The molecule has 1 heterocycles. The molecule has 8 rings (SSSR count). The molecule has 0 spiro atoms. The van der Waals surface area contributed by atoms with Gasteiger partial charge in [-0.2, -0.15) is 0 Å². The largest absolute Gasteiger partial charge is 0.497 e. The second-order valence-corrected chi connectivity index (χ2v) is 13.2. The van der Waals surface area contributed by atoms with Crippen molar-refractivity contribution < 1.29 is 18.9 Å². The van der Waals surface area contributed by atoms with Crippen LogP contribution >= 0.6 is 0 Å². The third-order valence-corrected chi connectivity index (χ3v) is 10.3. The van der Waals surface area contributed by atoms with E-state index in [0.29, 0.717) is 0 Å². The SMILES string of the molecule is COc1ccc(C2(c3ccc(OC)cc3)C=Cc3c4c(c5cc(C)c(OC)cc5c3O2)-c2ccc(-c3ccccc3)cc2C4(C)C)cc1. The van der Waals surface area contributed by atoms with E-state index in [9.17, 15) is 0 Å². The first-order valence-corrected chi connectivity index (χ1v) is 16.4. The molecule has 0 unspecified atom stereocenters. The van der Waals surface area contributed by atoms with Crippen molar-refractivity contribution in [2.75, 3.05) is 21.3 Å². The van der Waals surface area contributed by atoms with Crippen LogP contribution in [0.25, 0.3) is 39.1 Å². The fourth-order valence-electron chi connectivity index (χ4n) is 7.80. The summed E-state index contributed by atoms with van der Waals surface area (Å²) >= 11 is 0. The van der Waals surface area contributed by atoms with Gasteiger partial charge in [0.05, 0.1) is 21.3 Å². The highest BCUT2D eigenvalue weighted by molar-refractivity contribution is 6.09. The molecule has 0 aromatic heterocycles. The summed E-state index contributed by atoms with van der Waals surface area (Å²) in [6.07, 6.45) is 4.49. The molecule has 0 fully saturated rings. The Kier molecular flexibility index (Phi) is 6.89. The molecule has 238 valence electrons. The quantitative estimate of drug-likeness (QED) is 0.184. The lowest BCUT2D eigenvalue weighted by Crippen LogP contribution is -2.35. The van der Waals surface area contributed by atoms with Gasteiger partial charge < -0.3 is 18.9 Å². The first-order chi connectivity index (χ1) is 23.3. The van der Waals surface area contributed by atoms with E-state index in [-0.39, 0.29) is 5.41 Å². The molecular formula is C44H38O4. The molecule has 0 radical (unpaired) electrons. The van der Waals surface area contributed by atoms with Gasteiger partial charge in [0.15, 0.2) is 5.60 Å². The Morgan fingerprint density at radius 2 is 1.27 bits per heavy atom. The molecule has 0 amide bonds. The molecule has 0 atom stereocenters. The van der Waals surface area contributed by atoms with E-state index in [1.807, 2.05) is 24.3 Å². The summed E-state index contributed by atoms with van der Waals surface area (Å²) in [5, 5.41) is 2.19. The smallest absolute Gasteiger partial charge is 0.178 e. The first-order valence-electron chi connectivity index (χ1n) is 16.4. The number of benzene rings is 6. The monoisotopic (exact) mass is 630 g/mol. The second-order valence-electron chi connectivity index (χ2n) is 13.2. The molecule has 4 nitrogen and oxygen atoms in total. The highest BCUT2D eigenvalue weighted by atomic mass is 16.5. The minimum atomic E-state index is -0.902. The van der Waals surface area contributed by atoms with Gasteiger partial charge in [-0.25, -0.2) is 0 Å². The normalized spacial score (nSPS) is 14.9. The predicted octanol–water partition coefficient (Wildman–Crippen LogP) is 10.5. The van der Waals surface area contributed by atoms with E-state index in [1.165, 1.54) is 33.4 Å². The summed E-state index contributed by atoms with van der Waals surface area (Å²) in [4.78, 5) is 0. The third-order valence-electron chi connectivity index (χ3n) is 10.3. The van der Waals surface area contributed by atoms with Crippen molar-refractivity contribution in [3.63, 3.8) is 0 Å². The molecule has 0 bridgehead atoms. The van der Waals surface area contributed by atoms with Crippen molar-refractivity contribution in [2.24, 2.45) is 0 Å². The van der Waals surface area contributed by atoms with Gasteiger partial charge >= 0.3 is 0 Å². The van der Waals surface area contributed by atoms with Crippen molar-refractivity contribution in [2.45, 2.75) is 31.8 Å². The zero-order chi connectivity index (χ0) is 33.2. The fourth-order valence-corrected chi connectivity index (χ4v) is 7.80. The molecule has 2 aliphatic rings. The van der Waals surface area contributed by atoms with Crippen molar-refractivity contribution in [1.82, 2.24) is 0 Å². The van der Waals surface area contributed by atoms with Gasteiger partial charge in [-0.1, -0.05) is 86.7 Å². The highest BCUT2D eigenvalue weighted by Gasteiger charge is 2.44. The van der Waals surface area contributed by atoms with Crippen LogP contribution in [0, 0.1) is 6.92 Å². The maximum absolute atomic E-state index is 7.48. The van der Waals surface area contributed by atoms with Crippen LogP contribution in [-0.4, -0.2) is 21.3 Å². The number of hydrogen-bond acceptors (Lipinski definition) is 4. The van der Waals surface area contributed by atoms with Crippen molar-refractivity contribution in [3.05, 3.63) is 149 Å². The predicted molar refractivity (Wildman–Crippen MR) is 195 cm³/mol.